The summed E-state index contributed by atoms with van der Waals surface area (Å²) in [7, 11) is 0. The van der Waals surface area contributed by atoms with Crippen molar-refractivity contribution in [1.29, 1.82) is 0 Å². The predicted octanol–water partition coefficient (Wildman–Crippen LogP) is 2.34. The zero-order valence-electron chi connectivity index (χ0n) is 18.7. The molecule has 0 bridgehead atoms. The Balaban J connectivity index is 1.64. The molecule has 1 saturated heterocycles. The van der Waals surface area contributed by atoms with Crippen molar-refractivity contribution in [2.45, 2.75) is 65.5 Å². The minimum absolute atomic E-state index is 0.177. The number of nitrogens with one attached hydrogen (secondary N) is 2. The molecule has 1 fully saturated rings. The van der Waals surface area contributed by atoms with Gasteiger partial charge >= 0.3 is 6.09 Å². The van der Waals surface area contributed by atoms with Gasteiger partial charge < -0.3 is 19.9 Å². The summed E-state index contributed by atoms with van der Waals surface area (Å²) in [4.78, 5) is 27.5. The number of alkyl carbamates (subject to hydrolysis) is 1. The zero-order valence-corrected chi connectivity index (χ0v) is 18.7. The average molecular weight is 405 g/mol. The summed E-state index contributed by atoms with van der Waals surface area (Å²) >= 11 is 0. The van der Waals surface area contributed by atoms with Gasteiger partial charge in [-0.3, -0.25) is 4.79 Å². The van der Waals surface area contributed by atoms with Gasteiger partial charge in [0.15, 0.2) is 0 Å². The molecule has 29 heavy (non-hydrogen) atoms. The molecule has 1 aliphatic rings. The third kappa shape index (κ3) is 8.44. The van der Waals surface area contributed by atoms with Crippen molar-refractivity contribution < 1.29 is 19.2 Å². The molecule has 1 aliphatic heterocycles. The molecule has 162 valence electrons. The Kier molecular flexibility index (Phi) is 8.50. The van der Waals surface area contributed by atoms with Gasteiger partial charge in [-0.2, -0.15) is 0 Å². The minimum atomic E-state index is -0.502. The van der Waals surface area contributed by atoms with Crippen molar-refractivity contribution in [2.24, 2.45) is 0 Å². The number of hydrogen-bond donors (Lipinski definition) is 2. The molecule has 1 aromatic rings. The molecule has 6 heteroatoms. The quantitative estimate of drug-likeness (QED) is 0.686. The molecule has 1 heterocycles. The summed E-state index contributed by atoms with van der Waals surface area (Å²) in [5, 5.41) is 2.71. The molecule has 2 N–H and O–H groups in total. The van der Waals surface area contributed by atoms with Crippen LogP contribution in [0, 0.1) is 0 Å². The number of carbonyl (C=O) groups is 2. The Morgan fingerprint density at radius 2 is 1.76 bits per heavy atom. The third-order valence-corrected chi connectivity index (χ3v) is 5.16. The summed E-state index contributed by atoms with van der Waals surface area (Å²) in [5.74, 6) is 0.738. The average Bonchev–Trinajstić information content (AvgIpc) is 2.64. The van der Waals surface area contributed by atoms with E-state index in [-0.39, 0.29) is 5.91 Å². The molecule has 0 aromatic heterocycles. The second-order valence-corrected chi connectivity index (χ2v) is 9.24. The van der Waals surface area contributed by atoms with E-state index in [9.17, 15) is 9.59 Å². The maximum atomic E-state index is 12.4. The van der Waals surface area contributed by atoms with Crippen LogP contribution >= 0.6 is 0 Å². The fraction of sp³-hybridized carbons (Fsp3) is 0.652. The molecular formula is C23H38N3O3+. The number of hydrogen-bond acceptors (Lipinski definition) is 3. The van der Waals surface area contributed by atoms with Crippen LogP contribution in [0.1, 0.15) is 64.5 Å². The van der Waals surface area contributed by atoms with Crippen molar-refractivity contribution in [1.82, 2.24) is 10.2 Å². The van der Waals surface area contributed by atoms with Gasteiger partial charge in [-0.15, -0.1) is 0 Å². The number of nitrogens with zero attached hydrogens (tertiary/aromatic N) is 1. The molecule has 0 aliphatic carbocycles. The monoisotopic (exact) mass is 404 g/mol. The first kappa shape index (κ1) is 23.2. The van der Waals surface area contributed by atoms with Gasteiger partial charge in [0, 0.05) is 18.5 Å². The number of ether oxygens (including phenoxy) is 1. The second kappa shape index (κ2) is 10.6. The van der Waals surface area contributed by atoms with Crippen molar-refractivity contribution >= 4 is 12.0 Å². The van der Waals surface area contributed by atoms with Crippen LogP contribution in [-0.4, -0.2) is 55.2 Å². The largest absolute Gasteiger partial charge is 0.444 e. The molecule has 0 atom stereocenters. The molecule has 0 radical (unpaired) electrons. The Hall–Kier alpha value is -2.08. The van der Waals surface area contributed by atoms with Gasteiger partial charge in [-0.1, -0.05) is 38.1 Å². The lowest BCUT2D eigenvalue weighted by atomic mass is 10.0. The Bertz CT molecular complexity index is 657. The number of piperazine rings is 1. The predicted molar refractivity (Wildman–Crippen MR) is 115 cm³/mol. The van der Waals surface area contributed by atoms with Crippen LogP contribution in [0.3, 0.4) is 0 Å². The van der Waals surface area contributed by atoms with E-state index in [2.05, 4.69) is 43.4 Å². The van der Waals surface area contributed by atoms with E-state index in [4.69, 9.17) is 4.74 Å². The highest BCUT2D eigenvalue weighted by molar-refractivity contribution is 5.76. The molecule has 2 rings (SSSR count). The van der Waals surface area contributed by atoms with Crippen LogP contribution < -0.4 is 10.2 Å². The van der Waals surface area contributed by atoms with E-state index in [1.54, 1.807) is 0 Å². The van der Waals surface area contributed by atoms with Crippen molar-refractivity contribution in [2.75, 3.05) is 32.7 Å². The van der Waals surface area contributed by atoms with Crippen LogP contribution in [0.2, 0.25) is 0 Å². The van der Waals surface area contributed by atoms with Crippen LogP contribution in [0.5, 0.6) is 0 Å². The fourth-order valence-electron chi connectivity index (χ4n) is 3.46. The first-order valence-electron chi connectivity index (χ1n) is 10.8. The minimum Gasteiger partial charge on any atom is -0.444 e. The topological polar surface area (TPSA) is 63.1 Å². The number of carbonyl (C=O) groups excluding carboxylic acids is 2. The number of benzene rings is 1. The summed E-state index contributed by atoms with van der Waals surface area (Å²) in [5.41, 5.74) is 2.23. The third-order valence-electron chi connectivity index (χ3n) is 5.16. The first-order chi connectivity index (χ1) is 13.6. The van der Waals surface area contributed by atoms with E-state index in [1.807, 2.05) is 25.7 Å². The summed E-state index contributed by atoms with van der Waals surface area (Å²) < 4.78 is 5.19. The van der Waals surface area contributed by atoms with E-state index >= 15 is 0 Å². The highest BCUT2D eigenvalue weighted by Gasteiger charge is 2.23. The molecule has 0 unspecified atom stereocenters. The van der Waals surface area contributed by atoms with E-state index < -0.39 is 11.7 Å². The maximum Gasteiger partial charge on any atom is 0.407 e. The lowest BCUT2D eigenvalue weighted by Gasteiger charge is -2.32. The molecule has 6 nitrogen and oxygen atoms in total. The van der Waals surface area contributed by atoms with Gasteiger partial charge in [0.2, 0.25) is 5.91 Å². The molecule has 1 aromatic carbocycles. The van der Waals surface area contributed by atoms with E-state index in [1.165, 1.54) is 16.0 Å². The van der Waals surface area contributed by atoms with Crippen LogP contribution in [0.15, 0.2) is 24.3 Å². The van der Waals surface area contributed by atoms with E-state index in [0.29, 0.717) is 25.3 Å². The lowest BCUT2D eigenvalue weighted by Crippen LogP contribution is -3.13. The first-order valence-corrected chi connectivity index (χ1v) is 10.8. The summed E-state index contributed by atoms with van der Waals surface area (Å²) in [6.45, 7) is 15.0. The smallest absolute Gasteiger partial charge is 0.407 e. The zero-order chi connectivity index (χ0) is 21.4. The van der Waals surface area contributed by atoms with Gasteiger partial charge in [-0.05, 0) is 38.7 Å². The molecule has 0 spiro atoms. The standard InChI is InChI=1S/C23H37N3O3/c1-18(2)20-10-8-19(9-11-20)17-25-13-15-26(16-14-25)21(27)7-6-12-24-22(28)29-23(3,4)5/h8-11,18H,6-7,12-17H2,1-5H3,(H,24,28)/p+1. The highest BCUT2D eigenvalue weighted by Crippen LogP contribution is 2.14. The van der Waals surface area contributed by atoms with Gasteiger partial charge in [-0.25, -0.2) is 4.79 Å². The van der Waals surface area contributed by atoms with Gasteiger partial charge in [0.05, 0.1) is 26.2 Å². The molecular weight excluding hydrogens is 366 g/mol. The summed E-state index contributed by atoms with van der Waals surface area (Å²) in [6.07, 6.45) is 0.665. The lowest BCUT2D eigenvalue weighted by molar-refractivity contribution is -0.917. The number of quaternary nitrogens is 1. The molecule has 2 amide bonds. The molecule has 0 saturated carbocycles. The number of amides is 2. The van der Waals surface area contributed by atoms with Gasteiger partial charge in [0.25, 0.3) is 0 Å². The van der Waals surface area contributed by atoms with Gasteiger partial charge in [0.1, 0.15) is 12.1 Å². The van der Waals surface area contributed by atoms with Crippen molar-refractivity contribution in [3.8, 4) is 0 Å². The second-order valence-electron chi connectivity index (χ2n) is 9.24. The van der Waals surface area contributed by atoms with Crippen molar-refractivity contribution in [3.63, 3.8) is 0 Å². The van der Waals surface area contributed by atoms with E-state index in [0.717, 1.165) is 32.7 Å². The Morgan fingerprint density at radius 1 is 1.14 bits per heavy atom. The summed E-state index contributed by atoms with van der Waals surface area (Å²) in [6, 6.07) is 8.92. The van der Waals surface area contributed by atoms with Crippen molar-refractivity contribution in [3.05, 3.63) is 35.4 Å². The normalized spacial score (nSPS) is 15.4. The fourth-order valence-corrected chi connectivity index (χ4v) is 3.46. The van der Waals surface area contributed by atoms with Crippen LogP contribution in [-0.2, 0) is 16.1 Å². The Morgan fingerprint density at radius 3 is 2.31 bits per heavy atom. The van der Waals surface area contributed by atoms with Crippen LogP contribution in [0.25, 0.3) is 0 Å². The highest BCUT2D eigenvalue weighted by atomic mass is 16.6. The SMILES string of the molecule is CC(C)c1ccc(C[NH+]2CCN(C(=O)CCCNC(=O)OC(C)(C)C)CC2)cc1. The maximum absolute atomic E-state index is 12.4. The number of rotatable bonds is 7. The van der Waals surface area contributed by atoms with Crippen LogP contribution in [0.4, 0.5) is 4.79 Å². The Labute approximate surface area is 175 Å².